The molecule has 5 nitrogen and oxygen atoms in total. The molecule has 7 heteroatoms. The van der Waals surface area contributed by atoms with E-state index in [0.29, 0.717) is 11.8 Å². The quantitative estimate of drug-likeness (QED) is 0.784. The lowest BCUT2D eigenvalue weighted by molar-refractivity contribution is -0.147. The second-order valence-corrected chi connectivity index (χ2v) is 3.48. The number of alkyl halides is 2. The first-order chi connectivity index (χ1) is 8.36. The molecular formula is C11H10F2O5. The van der Waals surface area contributed by atoms with Crippen LogP contribution in [0.5, 0.6) is 5.75 Å². The number of hydrogen-bond acceptors (Lipinski definition) is 4. The minimum atomic E-state index is -3.19. The molecule has 0 aromatic heterocycles. The second kappa shape index (κ2) is 5.54. The summed E-state index contributed by atoms with van der Waals surface area (Å²) in [5.41, 5.74) is 0.0970. The fourth-order valence-corrected chi connectivity index (χ4v) is 1.40. The Balaban J connectivity index is 3.33. The molecule has 0 heterocycles. The predicted octanol–water partition coefficient (Wildman–Crippen LogP) is 1.53. The maximum absolute atomic E-state index is 12.2. The molecule has 1 unspecified atom stereocenters. The number of carbonyl (C=O) groups is 2. The van der Waals surface area contributed by atoms with Gasteiger partial charge in [0.15, 0.2) is 6.10 Å². The lowest BCUT2D eigenvalue weighted by atomic mass is 10.0. The van der Waals surface area contributed by atoms with E-state index in [1.807, 2.05) is 0 Å². The van der Waals surface area contributed by atoms with Gasteiger partial charge in [-0.1, -0.05) is 0 Å². The van der Waals surface area contributed by atoms with E-state index >= 15 is 0 Å². The van der Waals surface area contributed by atoms with E-state index in [-0.39, 0.29) is 11.1 Å². The molecule has 1 aromatic rings. The van der Waals surface area contributed by atoms with Crippen LogP contribution in [0.15, 0.2) is 12.1 Å². The molecule has 98 valence electrons. The summed E-state index contributed by atoms with van der Waals surface area (Å²) in [6.07, 6.45) is -1.58. The Morgan fingerprint density at radius 3 is 2.50 bits per heavy atom. The van der Waals surface area contributed by atoms with Crippen LogP contribution in [0.4, 0.5) is 8.78 Å². The molecule has 18 heavy (non-hydrogen) atoms. The third-order valence-electron chi connectivity index (χ3n) is 2.27. The smallest absolute Gasteiger partial charge is 0.387 e. The van der Waals surface area contributed by atoms with Gasteiger partial charge in [-0.05, 0) is 24.6 Å². The second-order valence-electron chi connectivity index (χ2n) is 3.48. The molecule has 0 radical (unpaired) electrons. The molecule has 0 aliphatic carbocycles. The number of hydrogen-bond donors (Lipinski definition) is 2. The summed E-state index contributed by atoms with van der Waals surface area (Å²) in [5.74, 6) is -2.14. The first-order valence-corrected chi connectivity index (χ1v) is 4.82. The van der Waals surface area contributed by atoms with Crippen molar-refractivity contribution in [3.8, 4) is 5.75 Å². The van der Waals surface area contributed by atoms with E-state index in [1.165, 1.54) is 6.92 Å². The van der Waals surface area contributed by atoms with Gasteiger partial charge in [-0.3, -0.25) is 4.79 Å². The van der Waals surface area contributed by atoms with Gasteiger partial charge in [0.1, 0.15) is 12.0 Å². The van der Waals surface area contributed by atoms with Gasteiger partial charge < -0.3 is 14.9 Å². The minimum Gasteiger partial charge on any atom is -0.479 e. The van der Waals surface area contributed by atoms with E-state index in [0.717, 1.165) is 12.1 Å². The van der Waals surface area contributed by atoms with E-state index in [4.69, 9.17) is 5.11 Å². The maximum atomic E-state index is 12.2. The largest absolute Gasteiger partial charge is 0.479 e. The Labute approximate surface area is 101 Å². The zero-order chi connectivity index (χ0) is 13.9. The summed E-state index contributed by atoms with van der Waals surface area (Å²) in [6.45, 7) is -1.71. The van der Waals surface area contributed by atoms with Crippen molar-refractivity contribution in [2.45, 2.75) is 19.6 Å². The highest BCUT2D eigenvalue weighted by Gasteiger charge is 2.23. The molecule has 0 amide bonds. The molecule has 0 fully saturated rings. The molecule has 0 saturated carbocycles. The number of halogens is 2. The average Bonchev–Trinajstić information content (AvgIpc) is 2.29. The zero-order valence-electron chi connectivity index (χ0n) is 9.26. The van der Waals surface area contributed by atoms with Crippen LogP contribution in [-0.4, -0.2) is 29.1 Å². The Morgan fingerprint density at radius 2 is 2.06 bits per heavy atom. The van der Waals surface area contributed by atoms with E-state index < -0.39 is 24.4 Å². The van der Waals surface area contributed by atoms with Crippen molar-refractivity contribution >= 4 is 12.3 Å². The van der Waals surface area contributed by atoms with Crippen LogP contribution < -0.4 is 4.74 Å². The number of aryl methyl sites for hydroxylation is 1. The highest BCUT2D eigenvalue weighted by molar-refractivity contribution is 5.80. The molecule has 2 N–H and O–H groups in total. The SMILES string of the molecule is Cc1cc(C(O)C(=O)O)c(OC(F)F)cc1C=O. The minimum absolute atomic E-state index is 0.0759. The van der Waals surface area contributed by atoms with Crippen LogP contribution >= 0.6 is 0 Å². The number of carboxylic acids is 1. The summed E-state index contributed by atoms with van der Waals surface area (Å²) < 4.78 is 28.4. The van der Waals surface area contributed by atoms with Crippen molar-refractivity contribution in [3.05, 3.63) is 28.8 Å². The zero-order valence-corrected chi connectivity index (χ0v) is 9.26. The number of carbonyl (C=O) groups excluding carboxylic acids is 1. The molecule has 1 atom stereocenters. The third-order valence-corrected chi connectivity index (χ3v) is 2.27. The molecular weight excluding hydrogens is 250 g/mol. The summed E-state index contributed by atoms with van der Waals surface area (Å²) in [6, 6.07) is 2.09. The van der Waals surface area contributed by atoms with Crippen molar-refractivity contribution in [3.63, 3.8) is 0 Å². The van der Waals surface area contributed by atoms with Crippen LogP contribution in [0.25, 0.3) is 0 Å². The van der Waals surface area contributed by atoms with Gasteiger partial charge in [0, 0.05) is 11.1 Å². The Bertz CT molecular complexity index is 473. The predicted molar refractivity (Wildman–Crippen MR) is 55.8 cm³/mol. The van der Waals surface area contributed by atoms with Gasteiger partial charge >= 0.3 is 12.6 Å². The van der Waals surface area contributed by atoms with Gasteiger partial charge in [0.2, 0.25) is 0 Å². The Kier molecular flexibility index (Phi) is 4.33. The van der Waals surface area contributed by atoms with Gasteiger partial charge in [0.05, 0.1) is 0 Å². The van der Waals surface area contributed by atoms with Gasteiger partial charge in [0.25, 0.3) is 0 Å². The van der Waals surface area contributed by atoms with Gasteiger partial charge in [-0.25, -0.2) is 4.79 Å². The average molecular weight is 260 g/mol. The third kappa shape index (κ3) is 3.01. The van der Waals surface area contributed by atoms with Crippen molar-refractivity contribution in [2.75, 3.05) is 0 Å². The summed E-state index contributed by atoms with van der Waals surface area (Å²) in [4.78, 5) is 21.3. The highest BCUT2D eigenvalue weighted by Crippen LogP contribution is 2.29. The van der Waals surface area contributed by atoms with Crippen LogP contribution in [-0.2, 0) is 4.79 Å². The Hall–Kier alpha value is -2.02. The molecule has 0 aliphatic rings. The van der Waals surface area contributed by atoms with Crippen LogP contribution in [0.3, 0.4) is 0 Å². The number of carboxylic acid groups (broad SMARTS) is 1. The van der Waals surface area contributed by atoms with Gasteiger partial charge in [-0.15, -0.1) is 0 Å². The summed E-state index contributed by atoms with van der Waals surface area (Å²) in [7, 11) is 0. The van der Waals surface area contributed by atoms with Gasteiger partial charge in [-0.2, -0.15) is 8.78 Å². The molecule has 0 aliphatic heterocycles. The van der Waals surface area contributed by atoms with Crippen molar-refractivity contribution < 1.29 is 33.3 Å². The standard InChI is InChI=1S/C11H10F2O5/c1-5-2-7(9(15)10(16)17)8(18-11(12)13)3-6(5)4-14/h2-4,9,11,15H,1H3,(H,16,17). The molecule has 0 spiro atoms. The number of aldehydes is 1. The van der Waals surface area contributed by atoms with Crippen molar-refractivity contribution in [1.29, 1.82) is 0 Å². The topological polar surface area (TPSA) is 83.8 Å². The highest BCUT2D eigenvalue weighted by atomic mass is 19.3. The number of benzene rings is 1. The first-order valence-electron chi connectivity index (χ1n) is 4.82. The summed E-state index contributed by atoms with van der Waals surface area (Å²) in [5, 5.41) is 18.0. The lowest BCUT2D eigenvalue weighted by Gasteiger charge is -2.15. The maximum Gasteiger partial charge on any atom is 0.387 e. The monoisotopic (exact) mass is 260 g/mol. The van der Waals surface area contributed by atoms with Crippen LogP contribution in [0, 0.1) is 6.92 Å². The molecule has 0 saturated heterocycles. The molecule has 0 bridgehead atoms. The van der Waals surface area contributed by atoms with E-state index in [2.05, 4.69) is 4.74 Å². The van der Waals surface area contributed by atoms with Crippen molar-refractivity contribution in [1.82, 2.24) is 0 Å². The molecule has 1 aromatic carbocycles. The normalized spacial score (nSPS) is 12.3. The fraction of sp³-hybridized carbons (Fsp3) is 0.273. The van der Waals surface area contributed by atoms with Crippen molar-refractivity contribution in [2.24, 2.45) is 0 Å². The summed E-state index contributed by atoms with van der Waals surface area (Å²) >= 11 is 0. The first kappa shape index (κ1) is 14.0. The fourth-order valence-electron chi connectivity index (χ4n) is 1.40. The number of aliphatic hydroxyl groups excluding tert-OH is 1. The van der Waals surface area contributed by atoms with Crippen LogP contribution in [0.1, 0.15) is 27.6 Å². The van der Waals surface area contributed by atoms with E-state index in [1.54, 1.807) is 0 Å². The van der Waals surface area contributed by atoms with Crippen LogP contribution in [0.2, 0.25) is 0 Å². The Morgan fingerprint density at radius 1 is 1.44 bits per heavy atom. The van der Waals surface area contributed by atoms with E-state index in [9.17, 15) is 23.5 Å². The number of aliphatic carboxylic acids is 1. The number of rotatable bonds is 5. The number of aliphatic hydroxyl groups is 1. The lowest BCUT2D eigenvalue weighted by Crippen LogP contribution is -2.14. The molecule has 1 rings (SSSR count). The number of ether oxygens (including phenoxy) is 1.